The molecule has 0 unspecified atom stereocenters. The van der Waals surface area contributed by atoms with E-state index in [1.54, 1.807) is 20.8 Å². The number of hydrogen-bond acceptors (Lipinski definition) is 5. The van der Waals surface area contributed by atoms with Gasteiger partial charge in [-0.2, -0.15) is 0 Å². The third kappa shape index (κ3) is 6.87. The van der Waals surface area contributed by atoms with Crippen LogP contribution in [0.4, 0.5) is 4.79 Å². The zero-order valence-corrected chi connectivity index (χ0v) is 23.1. The molecule has 0 saturated heterocycles. The van der Waals surface area contributed by atoms with Gasteiger partial charge in [-0.1, -0.05) is 78.9 Å². The van der Waals surface area contributed by atoms with Crippen LogP contribution >= 0.6 is 0 Å². The van der Waals surface area contributed by atoms with E-state index in [0.717, 1.165) is 27.8 Å². The number of aliphatic carboxylic acids is 1. The summed E-state index contributed by atoms with van der Waals surface area (Å²) in [6, 6.07) is 24.6. The second kappa shape index (κ2) is 12.8. The highest BCUT2D eigenvalue weighted by atomic mass is 16.5. The average Bonchev–Trinajstić information content (AvgIpc) is 3.27. The minimum atomic E-state index is -1.05. The molecule has 0 saturated carbocycles. The fraction of sp³-hybridized carbons (Fsp3) is 0.344. The monoisotopic (exact) mass is 544 g/mol. The number of carboxylic acid groups (broad SMARTS) is 1. The zero-order valence-electron chi connectivity index (χ0n) is 23.1. The molecule has 2 amide bonds. The number of fused-ring (bicyclic) bond motifs is 3. The number of rotatable bonds is 12. The summed E-state index contributed by atoms with van der Waals surface area (Å²) in [6.07, 6.45) is -1.19. The quantitative estimate of drug-likeness (QED) is 0.292. The summed E-state index contributed by atoms with van der Waals surface area (Å²) in [4.78, 5) is 37.6. The summed E-state index contributed by atoms with van der Waals surface area (Å²) in [5.41, 5.74) is 4.35. The Kier molecular flexibility index (Phi) is 9.22. The first-order valence-corrected chi connectivity index (χ1v) is 13.5. The van der Waals surface area contributed by atoms with Crippen LogP contribution in [-0.2, 0) is 25.7 Å². The number of amides is 2. The lowest BCUT2D eigenvalue weighted by atomic mass is 9.89. The Bertz CT molecular complexity index is 1290. The fourth-order valence-electron chi connectivity index (χ4n) is 4.78. The van der Waals surface area contributed by atoms with Crippen molar-refractivity contribution in [2.75, 3.05) is 13.2 Å². The van der Waals surface area contributed by atoms with Crippen LogP contribution < -0.4 is 10.6 Å². The van der Waals surface area contributed by atoms with Gasteiger partial charge in [-0.3, -0.25) is 9.59 Å². The number of carbonyl (C=O) groups is 3. The molecule has 8 nitrogen and oxygen atoms in total. The Labute approximate surface area is 234 Å². The lowest BCUT2D eigenvalue weighted by Gasteiger charge is -2.26. The van der Waals surface area contributed by atoms with E-state index in [1.807, 2.05) is 66.7 Å². The molecule has 8 heteroatoms. The standard InChI is InChI=1S/C32H36N2O6/c1-21(39-19-22-11-5-4-6-12-22)28(29(35)33-18-17-32(2,3)30(36)37)34-31(38)40-20-27-25-15-9-7-13-23(25)24-14-8-10-16-26(24)27/h4-16,21,27-28H,17-20H2,1-3H3,(H,33,35)(H,34,38)(H,36,37)/t21-,28+/m0/s1. The van der Waals surface area contributed by atoms with E-state index in [2.05, 4.69) is 22.8 Å². The Morgan fingerprint density at radius 2 is 1.48 bits per heavy atom. The molecule has 40 heavy (non-hydrogen) atoms. The molecule has 0 aromatic heterocycles. The maximum atomic E-state index is 13.2. The molecule has 1 aliphatic carbocycles. The minimum Gasteiger partial charge on any atom is -0.481 e. The molecule has 0 bridgehead atoms. The summed E-state index contributed by atoms with van der Waals surface area (Å²) >= 11 is 0. The van der Waals surface area contributed by atoms with Gasteiger partial charge in [-0.25, -0.2) is 4.79 Å². The third-order valence-corrected chi connectivity index (χ3v) is 7.35. The Hall–Kier alpha value is -4.17. The normalized spacial score (nSPS) is 14.0. The van der Waals surface area contributed by atoms with Crippen molar-refractivity contribution >= 4 is 18.0 Å². The van der Waals surface area contributed by atoms with Crippen molar-refractivity contribution in [1.29, 1.82) is 0 Å². The highest BCUT2D eigenvalue weighted by Crippen LogP contribution is 2.44. The van der Waals surface area contributed by atoms with Gasteiger partial charge in [0, 0.05) is 12.5 Å². The van der Waals surface area contributed by atoms with E-state index in [-0.39, 0.29) is 32.1 Å². The second-order valence-corrected chi connectivity index (χ2v) is 10.7. The van der Waals surface area contributed by atoms with Gasteiger partial charge in [-0.15, -0.1) is 0 Å². The average molecular weight is 545 g/mol. The lowest BCUT2D eigenvalue weighted by molar-refractivity contribution is -0.147. The Morgan fingerprint density at radius 1 is 0.900 bits per heavy atom. The molecule has 0 aliphatic heterocycles. The van der Waals surface area contributed by atoms with E-state index < -0.39 is 35.5 Å². The maximum absolute atomic E-state index is 13.2. The Morgan fingerprint density at radius 3 is 2.08 bits per heavy atom. The van der Waals surface area contributed by atoms with Gasteiger partial charge < -0.3 is 25.2 Å². The first-order valence-electron chi connectivity index (χ1n) is 13.5. The molecule has 1 aliphatic rings. The van der Waals surface area contributed by atoms with Gasteiger partial charge >= 0.3 is 12.1 Å². The number of benzene rings is 3. The predicted octanol–water partition coefficient (Wildman–Crippen LogP) is 5.12. The van der Waals surface area contributed by atoms with E-state index >= 15 is 0 Å². The molecule has 0 fully saturated rings. The molecule has 0 spiro atoms. The lowest BCUT2D eigenvalue weighted by Crippen LogP contribution is -2.53. The maximum Gasteiger partial charge on any atom is 0.407 e. The topological polar surface area (TPSA) is 114 Å². The van der Waals surface area contributed by atoms with Crippen LogP contribution in [0.1, 0.15) is 49.8 Å². The number of nitrogens with one attached hydrogen (secondary N) is 2. The molecule has 3 N–H and O–H groups in total. The summed E-state index contributed by atoms with van der Waals surface area (Å²) in [7, 11) is 0. The van der Waals surface area contributed by atoms with E-state index in [4.69, 9.17) is 9.47 Å². The first-order chi connectivity index (χ1) is 19.2. The van der Waals surface area contributed by atoms with Gasteiger partial charge in [0.1, 0.15) is 12.6 Å². The number of alkyl carbamates (subject to hydrolysis) is 1. The zero-order chi connectivity index (χ0) is 28.7. The van der Waals surface area contributed by atoms with Gasteiger partial charge in [0.2, 0.25) is 5.91 Å². The summed E-state index contributed by atoms with van der Waals surface area (Å²) in [5, 5.41) is 14.8. The summed E-state index contributed by atoms with van der Waals surface area (Å²) < 4.78 is 11.6. The van der Waals surface area contributed by atoms with E-state index in [0.29, 0.717) is 0 Å². The van der Waals surface area contributed by atoms with Crippen LogP contribution in [0.3, 0.4) is 0 Å². The molecule has 3 aromatic rings. The van der Waals surface area contributed by atoms with Crippen LogP contribution in [0, 0.1) is 5.41 Å². The highest BCUT2D eigenvalue weighted by molar-refractivity contribution is 5.86. The molecular weight excluding hydrogens is 508 g/mol. The molecule has 0 radical (unpaired) electrons. The van der Waals surface area contributed by atoms with Crippen molar-refractivity contribution < 1.29 is 29.0 Å². The second-order valence-electron chi connectivity index (χ2n) is 10.7. The smallest absolute Gasteiger partial charge is 0.407 e. The third-order valence-electron chi connectivity index (χ3n) is 7.35. The molecular formula is C32H36N2O6. The van der Waals surface area contributed by atoms with Crippen molar-refractivity contribution in [1.82, 2.24) is 10.6 Å². The summed E-state index contributed by atoms with van der Waals surface area (Å²) in [5.74, 6) is -1.54. The molecule has 2 atom stereocenters. The number of carboxylic acids is 1. The van der Waals surface area contributed by atoms with Crippen molar-refractivity contribution in [3.8, 4) is 11.1 Å². The van der Waals surface area contributed by atoms with Gasteiger partial charge in [-0.05, 0) is 55.0 Å². The first kappa shape index (κ1) is 28.8. The molecule has 4 rings (SSSR count). The van der Waals surface area contributed by atoms with Crippen molar-refractivity contribution in [2.45, 2.75) is 51.9 Å². The van der Waals surface area contributed by atoms with Gasteiger partial charge in [0.25, 0.3) is 0 Å². The van der Waals surface area contributed by atoms with Crippen molar-refractivity contribution in [3.63, 3.8) is 0 Å². The fourth-order valence-corrected chi connectivity index (χ4v) is 4.78. The molecule has 0 heterocycles. The van der Waals surface area contributed by atoms with Crippen LogP contribution in [0.15, 0.2) is 78.9 Å². The number of carbonyl (C=O) groups excluding carboxylic acids is 2. The number of ether oxygens (including phenoxy) is 2. The predicted molar refractivity (Wildman–Crippen MR) is 152 cm³/mol. The van der Waals surface area contributed by atoms with E-state index in [1.165, 1.54) is 0 Å². The van der Waals surface area contributed by atoms with Crippen LogP contribution in [0.5, 0.6) is 0 Å². The van der Waals surface area contributed by atoms with Crippen LogP contribution in [0.25, 0.3) is 11.1 Å². The van der Waals surface area contributed by atoms with Crippen LogP contribution in [-0.4, -0.2) is 48.4 Å². The molecule has 3 aromatic carbocycles. The minimum absolute atomic E-state index is 0.111. The van der Waals surface area contributed by atoms with Crippen molar-refractivity contribution in [2.24, 2.45) is 5.41 Å². The largest absolute Gasteiger partial charge is 0.481 e. The van der Waals surface area contributed by atoms with E-state index in [9.17, 15) is 19.5 Å². The Balaban J connectivity index is 1.41. The highest BCUT2D eigenvalue weighted by Gasteiger charge is 2.32. The van der Waals surface area contributed by atoms with Crippen molar-refractivity contribution in [3.05, 3.63) is 95.6 Å². The SMILES string of the molecule is C[C@H](OCc1ccccc1)[C@@H](NC(=O)OCC1c2ccccc2-c2ccccc21)C(=O)NCCC(C)(C)C(=O)O. The summed E-state index contributed by atoms with van der Waals surface area (Å²) in [6.45, 7) is 5.40. The van der Waals surface area contributed by atoms with Gasteiger partial charge in [0.15, 0.2) is 0 Å². The van der Waals surface area contributed by atoms with Crippen LogP contribution in [0.2, 0.25) is 0 Å². The van der Waals surface area contributed by atoms with Gasteiger partial charge in [0.05, 0.1) is 18.1 Å². The molecule has 210 valence electrons. The number of hydrogen-bond donors (Lipinski definition) is 3.